The molecule has 1 rings (SSSR count). The number of hydrogen-bond donors (Lipinski definition) is 0. The van der Waals surface area contributed by atoms with E-state index in [9.17, 15) is 0 Å². The number of rotatable bonds is 10. The van der Waals surface area contributed by atoms with E-state index in [0.717, 1.165) is 5.92 Å². The molecule has 0 amide bonds. The fourth-order valence-corrected chi connectivity index (χ4v) is 2.87. The van der Waals surface area contributed by atoms with Crippen molar-refractivity contribution in [2.24, 2.45) is 5.92 Å². The van der Waals surface area contributed by atoms with Gasteiger partial charge in [0, 0.05) is 0 Å². The molecule has 17 heavy (non-hydrogen) atoms. The van der Waals surface area contributed by atoms with Gasteiger partial charge in [-0.1, -0.05) is 50.3 Å². The minimum Gasteiger partial charge on any atom is -0.103 e. The fraction of sp³-hybridized carbons (Fsp3) is 0.765. The zero-order valence-corrected chi connectivity index (χ0v) is 11.9. The van der Waals surface area contributed by atoms with Gasteiger partial charge in [0.15, 0.2) is 0 Å². The molecule has 0 aromatic rings. The van der Waals surface area contributed by atoms with Crippen LogP contribution >= 0.6 is 0 Å². The molecule has 0 aliphatic heterocycles. The van der Waals surface area contributed by atoms with E-state index in [1.165, 1.54) is 64.2 Å². The van der Waals surface area contributed by atoms with Crippen molar-refractivity contribution in [3.8, 4) is 0 Å². The lowest BCUT2D eigenvalue weighted by molar-refractivity contribution is 0.505. The van der Waals surface area contributed by atoms with E-state index in [2.05, 4.69) is 20.4 Å². The molecule has 1 aliphatic rings. The Balaban J connectivity index is 2.13. The van der Waals surface area contributed by atoms with Gasteiger partial charge in [-0.2, -0.15) is 0 Å². The molecule has 0 aromatic carbocycles. The van der Waals surface area contributed by atoms with Crippen molar-refractivity contribution in [3.63, 3.8) is 0 Å². The van der Waals surface area contributed by atoms with Gasteiger partial charge in [0.25, 0.3) is 0 Å². The highest BCUT2D eigenvalue weighted by atomic mass is 14.3. The Morgan fingerprint density at radius 3 is 2.53 bits per heavy atom. The molecule has 0 aromatic heterocycles. The van der Waals surface area contributed by atoms with Gasteiger partial charge in [0.05, 0.1) is 0 Å². The smallest absolute Gasteiger partial charge is 0.0192 e. The van der Waals surface area contributed by atoms with E-state index in [1.807, 2.05) is 17.2 Å². The van der Waals surface area contributed by atoms with Gasteiger partial charge in [-0.15, -0.1) is 6.58 Å². The molecule has 0 fully saturated rings. The van der Waals surface area contributed by atoms with Crippen molar-refractivity contribution in [1.82, 2.24) is 0 Å². The summed E-state index contributed by atoms with van der Waals surface area (Å²) in [7, 11) is 0. The summed E-state index contributed by atoms with van der Waals surface area (Å²) in [5.74, 6) is 0.900. The molecule has 0 spiro atoms. The number of allylic oxidation sites excluding steroid dienone is 3. The van der Waals surface area contributed by atoms with E-state index in [-0.39, 0.29) is 0 Å². The molecule has 0 bridgehead atoms. The predicted molar refractivity (Wildman–Crippen MR) is 78.2 cm³/mol. The highest BCUT2D eigenvalue weighted by molar-refractivity contribution is 5.27. The molecule has 0 heterocycles. The Hall–Kier alpha value is -0.520. The quantitative estimate of drug-likeness (QED) is 0.319. The SMILES string of the molecule is C=CCCCCCCC1=C(CCCC)C(C)C1. The molecule has 1 aliphatic carbocycles. The summed E-state index contributed by atoms with van der Waals surface area (Å²) in [6.07, 6.45) is 15.7. The average molecular weight is 234 g/mol. The van der Waals surface area contributed by atoms with Gasteiger partial charge < -0.3 is 0 Å². The third-order valence-electron chi connectivity index (χ3n) is 4.04. The maximum atomic E-state index is 3.77. The van der Waals surface area contributed by atoms with Crippen molar-refractivity contribution in [3.05, 3.63) is 23.8 Å². The third-order valence-corrected chi connectivity index (χ3v) is 4.04. The number of unbranched alkanes of at least 4 members (excludes halogenated alkanes) is 5. The van der Waals surface area contributed by atoms with Crippen LogP contribution in [0, 0.1) is 5.92 Å². The van der Waals surface area contributed by atoms with Crippen LogP contribution in [0.2, 0.25) is 0 Å². The van der Waals surface area contributed by atoms with Gasteiger partial charge in [-0.25, -0.2) is 0 Å². The van der Waals surface area contributed by atoms with Crippen LogP contribution in [0.5, 0.6) is 0 Å². The van der Waals surface area contributed by atoms with Gasteiger partial charge in [0.1, 0.15) is 0 Å². The summed E-state index contributed by atoms with van der Waals surface area (Å²) in [6, 6.07) is 0. The van der Waals surface area contributed by atoms with Crippen molar-refractivity contribution >= 4 is 0 Å². The minimum absolute atomic E-state index is 0.900. The molecular weight excluding hydrogens is 204 g/mol. The molecular formula is C17H30. The Morgan fingerprint density at radius 2 is 1.88 bits per heavy atom. The Morgan fingerprint density at radius 1 is 1.12 bits per heavy atom. The first-order chi connectivity index (χ1) is 8.29. The lowest BCUT2D eigenvalue weighted by Gasteiger charge is -2.31. The summed E-state index contributed by atoms with van der Waals surface area (Å²) < 4.78 is 0. The van der Waals surface area contributed by atoms with Crippen molar-refractivity contribution in [2.45, 2.75) is 78.1 Å². The van der Waals surface area contributed by atoms with E-state index < -0.39 is 0 Å². The van der Waals surface area contributed by atoms with Crippen LogP contribution in [0.15, 0.2) is 23.8 Å². The maximum Gasteiger partial charge on any atom is -0.0192 e. The van der Waals surface area contributed by atoms with E-state index in [0.29, 0.717) is 0 Å². The van der Waals surface area contributed by atoms with Crippen LogP contribution in [-0.4, -0.2) is 0 Å². The predicted octanol–water partition coefficient (Wildman–Crippen LogP) is 6.04. The van der Waals surface area contributed by atoms with Crippen molar-refractivity contribution in [2.75, 3.05) is 0 Å². The minimum atomic E-state index is 0.900. The highest BCUT2D eigenvalue weighted by Crippen LogP contribution is 2.40. The molecule has 0 nitrogen and oxygen atoms in total. The lowest BCUT2D eigenvalue weighted by atomic mass is 9.74. The van der Waals surface area contributed by atoms with E-state index in [4.69, 9.17) is 0 Å². The summed E-state index contributed by atoms with van der Waals surface area (Å²) in [5, 5.41) is 0. The highest BCUT2D eigenvalue weighted by Gasteiger charge is 2.23. The van der Waals surface area contributed by atoms with Crippen LogP contribution < -0.4 is 0 Å². The van der Waals surface area contributed by atoms with Crippen LogP contribution in [0.3, 0.4) is 0 Å². The van der Waals surface area contributed by atoms with Crippen LogP contribution in [0.1, 0.15) is 78.1 Å². The van der Waals surface area contributed by atoms with Gasteiger partial charge in [-0.05, 0) is 50.9 Å². The zero-order valence-electron chi connectivity index (χ0n) is 11.9. The van der Waals surface area contributed by atoms with Crippen LogP contribution in [0.4, 0.5) is 0 Å². The van der Waals surface area contributed by atoms with E-state index >= 15 is 0 Å². The summed E-state index contributed by atoms with van der Waals surface area (Å²) in [5.41, 5.74) is 3.63. The normalized spacial score (nSPS) is 19.3. The summed E-state index contributed by atoms with van der Waals surface area (Å²) in [4.78, 5) is 0. The third kappa shape index (κ3) is 5.10. The number of hydrogen-bond acceptors (Lipinski definition) is 0. The largest absolute Gasteiger partial charge is 0.103 e. The summed E-state index contributed by atoms with van der Waals surface area (Å²) >= 11 is 0. The molecule has 0 heteroatoms. The average Bonchev–Trinajstić information content (AvgIpc) is 2.32. The van der Waals surface area contributed by atoms with Gasteiger partial charge in [-0.3, -0.25) is 0 Å². The lowest BCUT2D eigenvalue weighted by Crippen LogP contribution is -2.15. The van der Waals surface area contributed by atoms with Crippen LogP contribution in [0.25, 0.3) is 0 Å². The molecule has 98 valence electrons. The molecule has 1 unspecified atom stereocenters. The molecule has 0 N–H and O–H groups in total. The molecule has 1 atom stereocenters. The maximum absolute atomic E-state index is 3.77. The first-order valence-corrected chi connectivity index (χ1v) is 7.61. The first-order valence-electron chi connectivity index (χ1n) is 7.61. The van der Waals surface area contributed by atoms with Crippen molar-refractivity contribution in [1.29, 1.82) is 0 Å². The fourth-order valence-electron chi connectivity index (χ4n) is 2.87. The second kappa shape index (κ2) is 8.55. The molecule has 0 saturated heterocycles. The van der Waals surface area contributed by atoms with Crippen LogP contribution in [-0.2, 0) is 0 Å². The van der Waals surface area contributed by atoms with Gasteiger partial charge >= 0.3 is 0 Å². The Bertz CT molecular complexity index is 247. The zero-order chi connectivity index (χ0) is 12.5. The second-order valence-electron chi connectivity index (χ2n) is 5.58. The van der Waals surface area contributed by atoms with Gasteiger partial charge in [0.2, 0.25) is 0 Å². The molecule has 0 saturated carbocycles. The summed E-state index contributed by atoms with van der Waals surface area (Å²) in [6.45, 7) is 8.46. The topological polar surface area (TPSA) is 0 Å². The monoisotopic (exact) mass is 234 g/mol. The molecule has 0 radical (unpaired) electrons. The Kier molecular flexibility index (Phi) is 7.32. The Labute approximate surface area is 108 Å². The van der Waals surface area contributed by atoms with Crippen molar-refractivity contribution < 1.29 is 0 Å². The second-order valence-corrected chi connectivity index (χ2v) is 5.58. The van der Waals surface area contributed by atoms with E-state index in [1.54, 1.807) is 0 Å². The first kappa shape index (κ1) is 14.5. The standard InChI is InChI=1S/C17H30/c1-4-6-8-9-10-11-12-16-14-15(3)17(16)13-7-5-2/h4,15H,1,5-14H2,2-3H3.